The van der Waals surface area contributed by atoms with Crippen molar-refractivity contribution in [3.8, 4) is 11.1 Å². The number of thiophene rings is 1. The Balaban J connectivity index is 1.69. The fourth-order valence-electron chi connectivity index (χ4n) is 2.01. The van der Waals surface area contributed by atoms with E-state index in [2.05, 4.69) is 70.7 Å². The first-order chi connectivity index (χ1) is 9.42. The van der Waals surface area contributed by atoms with Gasteiger partial charge in [-0.05, 0) is 45.6 Å². The molecule has 0 atom stereocenters. The quantitative estimate of drug-likeness (QED) is 0.698. The Morgan fingerprint density at radius 1 is 0.789 bits per heavy atom. The fourth-order valence-corrected chi connectivity index (χ4v) is 2.68. The molecule has 0 radical (unpaired) electrons. The number of anilines is 1. The molecule has 0 aliphatic heterocycles. The van der Waals surface area contributed by atoms with Gasteiger partial charge in [0.2, 0.25) is 0 Å². The summed E-state index contributed by atoms with van der Waals surface area (Å²) in [7, 11) is 0. The maximum absolute atomic E-state index is 3.43. The highest BCUT2D eigenvalue weighted by Gasteiger charge is 1.97. The van der Waals surface area contributed by atoms with Crippen LogP contribution in [0, 0.1) is 0 Å². The predicted molar refractivity (Wildman–Crippen MR) is 83.5 cm³/mol. The van der Waals surface area contributed by atoms with Crippen LogP contribution in [0.2, 0.25) is 0 Å². The van der Waals surface area contributed by atoms with E-state index in [4.69, 9.17) is 0 Å². The summed E-state index contributed by atoms with van der Waals surface area (Å²) in [6.45, 7) is 0.883. The van der Waals surface area contributed by atoms with Crippen molar-refractivity contribution in [1.29, 1.82) is 0 Å². The third-order valence-corrected chi connectivity index (χ3v) is 3.80. The summed E-state index contributed by atoms with van der Waals surface area (Å²) in [5.74, 6) is 0. The van der Waals surface area contributed by atoms with Gasteiger partial charge in [0.25, 0.3) is 0 Å². The third kappa shape index (κ3) is 3.04. The number of benzene rings is 2. The fraction of sp³-hybridized carbons (Fsp3) is 0.0588. The van der Waals surface area contributed by atoms with Gasteiger partial charge in [0.05, 0.1) is 0 Å². The van der Waals surface area contributed by atoms with Crippen molar-refractivity contribution in [2.75, 3.05) is 5.32 Å². The molecule has 0 saturated carbocycles. The topological polar surface area (TPSA) is 12.0 Å². The van der Waals surface area contributed by atoms with Crippen LogP contribution < -0.4 is 5.32 Å². The van der Waals surface area contributed by atoms with Gasteiger partial charge in [0.1, 0.15) is 0 Å². The van der Waals surface area contributed by atoms with Crippen molar-refractivity contribution in [3.63, 3.8) is 0 Å². The van der Waals surface area contributed by atoms with Crippen molar-refractivity contribution < 1.29 is 0 Å². The minimum absolute atomic E-state index is 0.883. The Hall–Kier alpha value is -2.06. The van der Waals surface area contributed by atoms with E-state index in [-0.39, 0.29) is 0 Å². The predicted octanol–water partition coefficient (Wildman–Crippen LogP) is 5.03. The van der Waals surface area contributed by atoms with E-state index < -0.39 is 0 Å². The Morgan fingerprint density at radius 3 is 2.21 bits per heavy atom. The van der Waals surface area contributed by atoms with E-state index in [1.54, 1.807) is 11.3 Å². The lowest BCUT2D eigenvalue weighted by molar-refractivity contribution is 1.16. The second kappa shape index (κ2) is 5.72. The van der Waals surface area contributed by atoms with E-state index in [1.165, 1.54) is 16.7 Å². The average Bonchev–Trinajstić information content (AvgIpc) is 3.00. The van der Waals surface area contributed by atoms with Crippen LogP contribution in [0.4, 0.5) is 5.69 Å². The van der Waals surface area contributed by atoms with Crippen molar-refractivity contribution >= 4 is 17.0 Å². The first-order valence-electron chi connectivity index (χ1n) is 6.32. The van der Waals surface area contributed by atoms with Gasteiger partial charge in [-0.15, -0.1) is 0 Å². The molecule has 19 heavy (non-hydrogen) atoms. The van der Waals surface area contributed by atoms with Gasteiger partial charge in [-0.2, -0.15) is 11.3 Å². The van der Waals surface area contributed by atoms with Gasteiger partial charge in [0.15, 0.2) is 0 Å². The van der Waals surface area contributed by atoms with E-state index in [9.17, 15) is 0 Å². The molecule has 1 N–H and O–H groups in total. The molecule has 0 amide bonds. The zero-order valence-electron chi connectivity index (χ0n) is 10.5. The van der Waals surface area contributed by atoms with Gasteiger partial charge < -0.3 is 5.32 Å². The molecule has 0 unspecified atom stereocenters. The lowest BCUT2D eigenvalue weighted by atomic mass is 10.1. The van der Waals surface area contributed by atoms with E-state index in [1.807, 2.05) is 6.07 Å². The van der Waals surface area contributed by atoms with Crippen LogP contribution in [0.1, 0.15) is 5.56 Å². The Morgan fingerprint density at radius 2 is 1.53 bits per heavy atom. The molecule has 2 heteroatoms. The molecular formula is C17H15NS. The Labute approximate surface area is 117 Å². The van der Waals surface area contributed by atoms with Crippen LogP contribution in [-0.2, 0) is 6.54 Å². The Kier molecular flexibility index (Phi) is 3.61. The largest absolute Gasteiger partial charge is 0.381 e. The minimum atomic E-state index is 0.883. The van der Waals surface area contributed by atoms with Crippen LogP contribution in [0.25, 0.3) is 11.1 Å². The maximum atomic E-state index is 3.43. The second-order valence-corrected chi connectivity index (χ2v) is 5.21. The van der Waals surface area contributed by atoms with Crippen LogP contribution in [0.5, 0.6) is 0 Å². The summed E-state index contributed by atoms with van der Waals surface area (Å²) in [5.41, 5.74) is 5.00. The number of hydrogen-bond donors (Lipinski definition) is 1. The first-order valence-corrected chi connectivity index (χ1v) is 7.26. The standard InChI is InChI=1S/C17H15NS/c1-2-4-15(5-3-1)16-6-8-17(9-7-16)18-12-14-10-11-19-13-14/h1-11,13,18H,12H2. The molecule has 0 saturated heterocycles. The van der Waals surface area contributed by atoms with Crippen molar-refractivity contribution in [2.45, 2.75) is 6.54 Å². The van der Waals surface area contributed by atoms with Crippen molar-refractivity contribution in [1.82, 2.24) is 0 Å². The first kappa shape index (κ1) is 12.0. The van der Waals surface area contributed by atoms with Gasteiger partial charge in [-0.1, -0.05) is 42.5 Å². The van der Waals surface area contributed by atoms with Gasteiger partial charge in [-0.25, -0.2) is 0 Å². The van der Waals surface area contributed by atoms with Crippen LogP contribution >= 0.6 is 11.3 Å². The van der Waals surface area contributed by atoms with Gasteiger partial charge in [0, 0.05) is 12.2 Å². The molecule has 0 aliphatic rings. The zero-order chi connectivity index (χ0) is 12.9. The third-order valence-electron chi connectivity index (χ3n) is 3.07. The maximum Gasteiger partial charge on any atom is 0.0409 e. The van der Waals surface area contributed by atoms with E-state index in [0.717, 1.165) is 12.2 Å². The van der Waals surface area contributed by atoms with E-state index in [0.29, 0.717) is 0 Å². The molecule has 3 aromatic rings. The summed E-state index contributed by atoms with van der Waals surface area (Å²) >= 11 is 1.73. The highest BCUT2D eigenvalue weighted by atomic mass is 32.1. The molecule has 1 aromatic heterocycles. The van der Waals surface area contributed by atoms with Crippen molar-refractivity contribution in [2.24, 2.45) is 0 Å². The average molecular weight is 265 g/mol. The monoisotopic (exact) mass is 265 g/mol. The number of hydrogen-bond acceptors (Lipinski definition) is 2. The summed E-state index contributed by atoms with van der Waals surface area (Å²) in [5, 5.41) is 7.71. The molecule has 0 aliphatic carbocycles. The Bertz CT molecular complexity index is 612. The molecule has 94 valence electrons. The highest BCUT2D eigenvalue weighted by molar-refractivity contribution is 7.07. The second-order valence-electron chi connectivity index (χ2n) is 4.43. The van der Waals surface area contributed by atoms with E-state index >= 15 is 0 Å². The summed E-state index contributed by atoms with van der Waals surface area (Å²) in [6, 6.07) is 21.2. The van der Waals surface area contributed by atoms with Crippen molar-refractivity contribution in [3.05, 3.63) is 77.0 Å². The SMILES string of the molecule is c1ccc(-c2ccc(NCc3ccsc3)cc2)cc1. The smallest absolute Gasteiger partial charge is 0.0409 e. The number of rotatable bonds is 4. The van der Waals surface area contributed by atoms with Crippen LogP contribution in [-0.4, -0.2) is 0 Å². The molecule has 0 spiro atoms. The van der Waals surface area contributed by atoms with Gasteiger partial charge >= 0.3 is 0 Å². The summed E-state index contributed by atoms with van der Waals surface area (Å²) in [4.78, 5) is 0. The normalized spacial score (nSPS) is 10.3. The lowest BCUT2D eigenvalue weighted by Gasteiger charge is -2.07. The summed E-state index contributed by atoms with van der Waals surface area (Å²) < 4.78 is 0. The van der Waals surface area contributed by atoms with Crippen LogP contribution in [0.3, 0.4) is 0 Å². The molecule has 2 aromatic carbocycles. The molecule has 3 rings (SSSR count). The summed E-state index contributed by atoms with van der Waals surface area (Å²) in [6.07, 6.45) is 0. The van der Waals surface area contributed by atoms with Gasteiger partial charge in [-0.3, -0.25) is 0 Å². The molecule has 1 heterocycles. The van der Waals surface area contributed by atoms with Crippen LogP contribution in [0.15, 0.2) is 71.4 Å². The molecular weight excluding hydrogens is 250 g/mol. The molecule has 0 fully saturated rings. The molecule has 0 bridgehead atoms. The number of nitrogens with one attached hydrogen (secondary N) is 1. The minimum Gasteiger partial charge on any atom is -0.381 e. The molecule has 1 nitrogen and oxygen atoms in total. The zero-order valence-corrected chi connectivity index (χ0v) is 11.4. The highest BCUT2D eigenvalue weighted by Crippen LogP contribution is 2.21. The lowest BCUT2D eigenvalue weighted by Crippen LogP contribution is -1.97.